The Morgan fingerprint density at radius 1 is 1.29 bits per heavy atom. The zero-order chi connectivity index (χ0) is 15.0. The number of rotatable bonds is 3. The largest absolute Gasteiger partial charge is 0.710 e. The number of aromatic nitrogens is 4. The molecule has 0 aliphatic rings. The van der Waals surface area contributed by atoms with Crippen molar-refractivity contribution in [2.75, 3.05) is 5.32 Å². The number of carbonyl (C=O) groups is 1. The molecule has 8 heteroatoms. The summed E-state index contributed by atoms with van der Waals surface area (Å²) >= 11 is 0. The summed E-state index contributed by atoms with van der Waals surface area (Å²) < 4.78 is 1.42. The van der Waals surface area contributed by atoms with Crippen molar-refractivity contribution in [1.29, 1.82) is 0 Å². The number of anilines is 2. The lowest BCUT2D eigenvalue weighted by molar-refractivity contribution is -0.584. The molecule has 0 aliphatic heterocycles. The maximum absolute atomic E-state index is 12.2. The molecule has 106 valence electrons. The summed E-state index contributed by atoms with van der Waals surface area (Å²) in [5.74, 6) is -1.87. The van der Waals surface area contributed by atoms with Gasteiger partial charge in [0.25, 0.3) is 5.65 Å². The molecule has 2 aromatic heterocycles. The van der Waals surface area contributed by atoms with E-state index in [4.69, 9.17) is 0 Å². The van der Waals surface area contributed by atoms with Crippen molar-refractivity contribution in [3.05, 3.63) is 47.7 Å². The molecule has 0 bridgehead atoms. The van der Waals surface area contributed by atoms with Crippen molar-refractivity contribution in [3.8, 4) is 0 Å². The highest BCUT2D eigenvalue weighted by Crippen LogP contribution is 2.21. The van der Waals surface area contributed by atoms with Crippen LogP contribution >= 0.6 is 0 Å². The van der Waals surface area contributed by atoms with Crippen LogP contribution in [-0.4, -0.2) is 20.5 Å². The summed E-state index contributed by atoms with van der Waals surface area (Å²) in [6, 6.07) is 9.09. The fraction of sp³-hybridized carbons (Fsp3) is 0.0769. The van der Waals surface area contributed by atoms with Crippen LogP contribution in [0.15, 0.2) is 36.7 Å². The number of hydrogen-bond donors (Lipinski definition) is 1. The summed E-state index contributed by atoms with van der Waals surface area (Å²) in [7, 11) is 1.43. The number of benzene rings is 1. The SMILES string of the molecule is Cn1c(C(=O)[O-])[n+]([O-])c2c(Nc3ccccc3)ncnc21. The molecule has 0 radical (unpaired) electrons. The number of carboxylic acids is 1. The lowest BCUT2D eigenvalue weighted by Crippen LogP contribution is -2.40. The fourth-order valence-corrected chi connectivity index (χ4v) is 2.11. The van der Waals surface area contributed by atoms with Crippen molar-refractivity contribution < 1.29 is 14.6 Å². The second-order valence-corrected chi connectivity index (χ2v) is 4.35. The molecule has 0 saturated carbocycles. The average Bonchev–Trinajstić information content (AvgIpc) is 2.73. The molecule has 0 aliphatic carbocycles. The van der Waals surface area contributed by atoms with Crippen LogP contribution in [0, 0.1) is 5.21 Å². The van der Waals surface area contributed by atoms with Crippen LogP contribution < -0.4 is 15.2 Å². The van der Waals surface area contributed by atoms with Gasteiger partial charge in [0, 0.05) is 5.69 Å². The molecule has 1 aromatic carbocycles. The van der Waals surface area contributed by atoms with E-state index in [2.05, 4.69) is 15.3 Å². The Morgan fingerprint density at radius 2 is 2.00 bits per heavy atom. The van der Waals surface area contributed by atoms with Crippen molar-refractivity contribution >= 4 is 28.6 Å². The molecule has 21 heavy (non-hydrogen) atoms. The molecule has 0 saturated heterocycles. The molecule has 0 spiro atoms. The predicted molar refractivity (Wildman–Crippen MR) is 71.5 cm³/mol. The van der Waals surface area contributed by atoms with Crippen LogP contribution in [0.25, 0.3) is 11.2 Å². The normalized spacial score (nSPS) is 10.7. The number of aryl methyl sites for hydroxylation is 1. The number of fused-ring (bicyclic) bond motifs is 1. The molecular weight excluding hydrogens is 274 g/mol. The molecule has 0 fully saturated rings. The number of nitrogens with zero attached hydrogens (tertiary/aromatic N) is 4. The third-order valence-electron chi connectivity index (χ3n) is 3.05. The van der Waals surface area contributed by atoms with E-state index >= 15 is 0 Å². The van der Waals surface area contributed by atoms with Gasteiger partial charge in [-0.25, -0.2) is 14.3 Å². The molecule has 0 amide bonds. The van der Waals surface area contributed by atoms with Crippen LogP contribution in [0.5, 0.6) is 0 Å². The van der Waals surface area contributed by atoms with Gasteiger partial charge in [-0.1, -0.05) is 18.2 Å². The maximum atomic E-state index is 12.2. The lowest BCUT2D eigenvalue weighted by Gasteiger charge is -2.07. The van der Waals surface area contributed by atoms with Crippen LogP contribution in [0.2, 0.25) is 0 Å². The fourth-order valence-electron chi connectivity index (χ4n) is 2.11. The van der Waals surface area contributed by atoms with Crippen LogP contribution in [0.3, 0.4) is 0 Å². The number of hydrogen-bond acceptors (Lipinski definition) is 6. The highest BCUT2D eigenvalue weighted by Gasteiger charge is 2.24. The van der Waals surface area contributed by atoms with Crippen molar-refractivity contribution in [3.63, 3.8) is 0 Å². The molecule has 0 atom stereocenters. The van der Waals surface area contributed by atoms with Crippen molar-refractivity contribution in [1.82, 2.24) is 14.5 Å². The van der Waals surface area contributed by atoms with E-state index < -0.39 is 11.8 Å². The van der Waals surface area contributed by atoms with E-state index in [9.17, 15) is 15.1 Å². The summed E-state index contributed by atoms with van der Waals surface area (Å²) in [6.45, 7) is 0. The predicted octanol–water partition coefficient (Wildman–Crippen LogP) is -0.291. The third-order valence-corrected chi connectivity index (χ3v) is 3.05. The number of carboxylic acid groups (broad SMARTS) is 1. The van der Waals surface area contributed by atoms with E-state index in [1.165, 1.54) is 13.4 Å². The zero-order valence-corrected chi connectivity index (χ0v) is 11.0. The molecule has 2 heterocycles. The Morgan fingerprint density at radius 3 is 2.67 bits per heavy atom. The standard InChI is InChI=1S/C13H11N5O3/c1-17-11-9(18(21)12(17)13(19)20)10(14-7-15-11)16-8-5-3-2-4-6-8/h2-7H,1H3,(H,19,20)(H,14,15,16)/p-1. The second kappa shape index (κ2) is 4.75. The van der Waals surface area contributed by atoms with Crippen LogP contribution in [-0.2, 0) is 7.05 Å². The highest BCUT2D eigenvalue weighted by atomic mass is 16.5. The third kappa shape index (κ3) is 2.02. The number of nitrogens with one attached hydrogen (secondary N) is 1. The smallest absolute Gasteiger partial charge is 0.310 e. The van der Waals surface area contributed by atoms with Gasteiger partial charge in [-0.2, -0.15) is 4.98 Å². The van der Waals surface area contributed by atoms with Crippen molar-refractivity contribution in [2.45, 2.75) is 0 Å². The number of aromatic carboxylic acids is 1. The topological polar surface area (TPSA) is 110 Å². The van der Waals surface area contributed by atoms with E-state index in [0.717, 1.165) is 10.3 Å². The van der Waals surface area contributed by atoms with Crippen LogP contribution in [0.4, 0.5) is 11.5 Å². The Hall–Kier alpha value is -3.16. The van der Waals surface area contributed by atoms with Gasteiger partial charge < -0.3 is 20.4 Å². The Labute approximate surface area is 118 Å². The first-order valence-electron chi connectivity index (χ1n) is 6.06. The van der Waals surface area contributed by atoms with Gasteiger partial charge in [-0.05, 0) is 12.1 Å². The molecular formula is C13H10N5O3-. The van der Waals surface area contributed by atoms with Gasteiger partial charge in [0.1, 0.15) is 6.33 Å². The van der Waals surface area contributed by atoms with Crippen LogP contribution in [0.1, 0.15) is 10.6 Å². The summed E-state index contributed by atoms with van der Waals surface area (Å²) in [6.07, 6.45) is 1.26. The summed E-state index contributed by atoms with van der Waals surface area (Å²) in [5.41, 5.74) is 0.969. The quantitative estimate of drug-likeness (QED) is 0.522. The molecule has 3 aromatic rings. The maximum Gasteiger partial charge on any atom is 0.310 e. The number of imidazole rings is 1. The van der Waals surface area contributed by atoms with Gasteiger partial charge >= 0.3 is 5.82 Å². The number of para-hydroxylation sites is 1. The lowest BCUT2D eigenvalue weighted by atomic mass is 10.3. The second-order valence-electron chi connectivity index (χ2n) is 4.35. The van der Waals surface area contributed by atoms with Gasteiger partial charge in [0.15, 0.2) is 11.8 Å². The number of carbonyl (C=O) groups excluding carboxylic acids is 1. The first-order chi connectivity index (χ1) is 10.1. The van der Waals surface area contributed by atoms with Gasteiger partial charge in [0.05, 0.1) is 7.05 Å². The zero-order valence-electron chi connectivity index (χ0n) is 11.0. The summed E-state index contributed by atoms with van der Waals surface area (Å²) in [5, 5.41) is 26.2. The van der Waals surface area contributed by atoms with E-state index in [0.29, 0.717) is 0 Å². The van der Waals surface area contributed by atoms with Gasteiger partial charge in [0.2, 0.25) is 5.52 Å². The highest BCUT2D eigenvalue weighted by molar-refractivity contribution is 5.88. The molecule has 3 rings (SSSR count). The monoisotopic (exact) mass is 284 g/mol. The Bertz CT molecular complexity index is 829. The average molecular weight is 284 g/mol. The first kappa shape index (κ1) is 12.9. The van der Waals surface area contributed by atoms with Crippen molar-refractivity contribution in [2.24, 2.45) is 7.05 Å². The Balaban J connectivity index is 2.21. The van der Waals surface area contributed by atoms with E-state index in [-0.39, 0.29) is 21.7 Å². The molecule has 1 N–H and O–H groups in total. The summed E-state index contributed by atoms with van der Waals surface area (Å²) in [4.78, 5) is 19.0. The first-order valence-corrected chi connectivity index (χ1v) is 6.06. The van der Waals surface area contributed by atoms with E-state index in [1.54, 1.807) is 12.1 Å². The minimum absolute atomic E-state index is 0.0445. The van der Waals surface area contributed by atoms with E-state index in [1.807, 2.05) is 18.2 Å². The minimum atomic E-state index is -1.57. The van der Waals surface area contributed by atoms with Gasteiger partial charge in [-0.15, -0.1) is 0 Å². The molecule has 0 unspecified atom stereocenters. The minimum Gasteiger partial charge on any atom is -0.710 e. The Kier molecular flexibility index (Phi) is 2.90. The van der Waals surface area contributed by atoms with Gasteiger partial charge in [-0.3, -0.25) is 0 Å². The molecule has 8 nitrogen and oxygen atoms in total.